The van der Waals surface area contributed by atoms with Crippen LogP contribution < -0.4 is 11.1 Å². The molecule has 0 amide bonds. The fraction of sp³-hybridized carbons (Fsp3) is 1.00. The van der Waals surface area contributed by atoms with Gasteiger partial charge in [-0.25, -0.2) is 0 Å². The molecule has 0 bridgehead atoms. The van der Waals surface area contributed by atoms with Gasteiger partial charge in [0.25, 0.3) is 0 Å². The first kappa shape index (κ1) is 5.69. The lowest BCUT2D eigenvalue weighted by molar-refractivity contribution is 0.175. The molecular weight excluding hydrogens is 112 g/mol. The molecule has 1 spiro atoms. The SMILES string of the molecule is NC1CCC2(CNC2)C1. The van der Waals surface area contributed by atoms with Gasteiger partial charge in [0.15, 0.2) is 0 Å². The quantitative estimate of drug-likeness (QED) is 0.482. The zero-order valence-electron chi connectivity index (χ0n) is 5.69. The third-order valence-electron chi connectivity index (χ3n) is 2.74. The highest BCUT2D eigenvalue weighted by Gasteiger charge is 2.42. The van der Waals surface area contributed by atoms with Crippen LogP contribution in [-0.4, -0.2) is 19.1 Å². The van der Waals surface area contributed by atoms with Gasteiger partial charge >= 0.3 is 0 Å². The van der Waals surface area contributed by atoms with Crippen molar-refractivity contribution >= 4 is 0 Å². The maximum Gasteiger partial charge on any atom is 0.00452 e. The van der Waals surface area contributed by atoms with Gasteiger partial charge in [-0.1, -0.05) is 0 Å². The topological polar surface area (TPSA) is 38.0 Å². The van der Waals surface area contributed by atoms with Gasteiger partial charge in [0.2, 0.25) is 0 Å². The van der Waals surface area contributed by atoms with Gasteiger partial charge < -0.3 is 11.1 Å². The summed E-state index contributed by atoms with van der Waals surface area (Å²) >= 11 is 0. The molecule has 1 aliphatic heterocycles. The molecule has 1 saturated heterocycles. The summed E-state index contributed by atoms with van der Waals surface area (Å²) in [5.74, 6) is 0. The highest BCUT2D eigenvalue weighted by molar-refractivity contribution is 4.99. The Balaban J connectivity index is 1.99. The molecule has 2 aliphatic rings. The Morgan fingerprint density at radius 3 is 2.44 bits per heavy atom. The highest BCUT2D eigenvalue weighted by Crippen LogP contribution is 2.40. The molecular formula is C7H14N2. The first-order valence-corrected chi connectivity index (χ1v) is 3.77. The van der Waals surface area contributed by atoms with E-state index in [4.69, 9.17) is 5.73 Å². The van der Waals surface area contributed by atoms with Crippen LogP contribution in [-0.2, 0) is 0 Å². The Kier molecular flexibility index (Phi) is 1.08. The van der Waals surface area contributed by atoms with E-state index in [9.17, 15) is 0 Å². The van der Waals surface area contributed by atoms with Crippen molar-refractivity contribution in [3.63, 3.8) is 0 Å². The molecule has 9 heavy (non-hydrogen) atoms. The van der Waals surface area contributed by atoms with Crippen molar-refractivity contribution in [2.75, 3.05) is 13.1 Å². The molecule has 1 atom stereocenters. The Bertz CT molecular complexity index is 118. The summed E-state index contributed by atoms with van der Waals surface area (Å²) in [6, 6.07) is 0.507. The van der Waals surface area contributed by atoms with Gasteiger partial charge in [0, 0.05) is 19.1 Å². The second kappa shape index (κ2) is 1.70. The second-order valence-electron chi connectivity index (χ2n) is 3.61. The number of nitrogens with two attached hydrogens (primary N) is 1. The van der Waals surface area contributed by atoms with Crippen LogP contribution in [0.2, 0.25) is 0 Å². The zero-order valence-corrected chi connectivity index (χ0v) is 5.69. The van der Waals surface area contributed by atoms with Crippen molar-refractivity contribution in [2.45, 2.75) is 25.3 Å². The molecule has 1 aliphatic carbocycles. The van der Waals surface area contributed by atoms with E-state index in [1.54, 1.807) is 0 Å². The Morgan fingerprint density at radius 1 is 1.44 bits per heavy atom. The summed E-state index contributed by atoms with van der Waals surface area (Å²) in [6.45, 7) is 2.45. The molecule has 3 N–H and O–H groups in total. The third kappa shape index (κ3) is 0.775. The minimum Gasteiger partial charge on any atom is -0.328 e. The standard InChI is InChI=1S/C7H14N2/c8-6-1-2-7(3-6)4-9-5-7/h6,9H,1-5,8H2. The predicted molar refractivity (Wildman–Crippen MR) is 37.1 cm³/mol. The monoisotopic (exact) mass is 126 g/mol. The Morgan fingerprint density at radius 2 is 2.22 bits per heavy atom. The first-order valence-electron chi connectivity index (χ1n) is 3.77. The minimum absolute atomic E-state index is 0.507. The number of nitrogens with one attached hydrogen (secondary N) is 1. The summed E-state index contributed by atoms with van der Waals surface area (Å²) in [5.41, 5.74) is 6.44. The number of hydrogen-bond donors (Lipinski definition) is 2. The molecule has 0 aromatic carbocycles. The van der Waals surface area contributed by atoms with E-state index < -0.39 is 0 Å². The fourth-order valence-electron chi connectivity index (χ4n) is 2.05. The minimum atomic E-state index is 0.507. The smallest absolute Gasteiger partial charge is 0.00452 e. The van der Waals surface area contributed by atoms with Crippen LogP contribution in [0.1, 0.15) is 19.3 Å². The lowest BCUT2D eigenvalue weighted by atomic mass is 9.80. The van der Waals surface area contributed by atoms with Crippen molar-refractivity contribution in [2.24, 2.45) is 11.1 Å². The molecule has 2 rings (SSSR count). The van der Waals surface area contributed by atoms with E-state index >= 15 is 0 Å². The Hall–Kier alpha value is -0.0800. The summed E-state index contributed by atoms with van der Waals surface area (Å²) in [6.07, 6.45) is 3.88. The molecule has 0 aromatic rings. The van der Waals surface area contributed by atoms with Crippen LogP contribution in [0.25, 0.3) is 0 Å². The molecule has 2 nitrogen and oxygen atoms in total. The van der Waals surface area contributed by atoms with Crippen LogP contribution in [0.15, 0.2) is 0 Å². The molecule has 2 heteroatoms. The van der Waals surface area contributed by atoms with Crippen LogP contribution >= 0.6 is 0 Å². The first-order chi connectivity index (χ1) is 4.31. The number of hydrogen-bond acceptors (Lipinski definition) is 2. The van der Waals surface area contributed by atoms with Crippen LogP contribution in [0.4, 0.5) is 0 Å². The summed E-state index contributed by atoms with van der Waals surface area (Å²) in [5, 5.41) is 3.31. The largest absolute Gasteiger partial charge is 0.328 e. The van der Waals surface area contributed by atoms with Crippen molar-refractivity contribution in [3.05, 3.63) is 0 Å². The third-order valence-corrected chi connectivity index (χ3v) is 2.74. The average molecular weight is 126 g/mol. The van der Waals surface area contributed by atoms with Crippen LogP contribution in [0, 0.1) is 5.41 Å². The molecule has 1 unspecified atom stereocenters. The molecule has 52 valence electrons. The van der Waals surface area contributed by atoms with E-state index in [-0.39, 0.29) is 0 Å². The van der Waals surface area contributed by atoms with E-state index in [1.165, 1.54) is 32.4 Å². The highest BCUT2D eigenvalue weighted by atomic mass is 15.0. The number of rotatable bonds is 0. The lowest BCUT2D eigenvalue weighted by Gasteiger charge is -2.39. The summed E-state index contributed by atoms with van der Waals surface area (Å²) in [7, 11) is 0. The van der Waals surface area contributed by atoms with E-state index in [0.717, 1.165) is 0 Å². The van der Waals surface area contributed by atoms with Gasteiger partial charge in [0.1, 0.15) is 0 Å². The van der Waals surface area contributed by atoms with Crippen molar-refractivity contribution < 1.29 is 0 Å². The predicted octanol–water partition coefficient (Wildman–Crippen LogP) is 0.0872. The molecule has 2 fully saturated rings. The average Bonchev–Trinajstić information content (AvgIpc) is 2.09. The van der Waals surface area contributed by atoms with E-state index in [0.29, 0.717) is 11.5 Å². The van der Waals surface area contributed by atoms with Gasteiger partial charge in [-0.2, -0.15) is 0 Å². The molecule has 0 radical (unpaired) electrons. The molecule has 1 heterocycles. The van der Waals surface area contributed by atoms with Crippen LogP contribution in [0.3, 0.4) is 0 Å². The summed E-state index contributed by atoms with van der Waals surface area (Å²) < 4.78 is 0. The van der Waals surface area contributed by atoms with Crippen LogP contribution in [0.5, 0.6) is 0 Å². The Labute approximate surface area is 55.8 Å². The molecule has 1 saturated carbocycles. The van der Waals surface area contributed by atoms with Gasteiger partial charge in [-0.15, -0.1) is 0 Å². The summed E-state index contributed by atoms with van der Waals surface area (Å²) in [4.78, 5) is 0. The van der Waals surface area contributed by atoms with E-state index in [1.807, 2.05) is 0 Å². The van der Waals surface area contributed by atoms with E-state index in [2.05, 4.69) is 5.32 Å². The zero-order chi connectivity index (χ0) is 6.32. The maximum absolute atomic E-state index is 5.79. The van der Waals surface area contributed by atoms with Gasteiger partial charge in [-0.05, 0) is 24.7 Å². The van der Waals surface area contributed by atoms with Gasteiger partial charge in [0.05, 0.1) is 0 Å². The van der Waals surface area contributed by atoms with Crippen molar-refractivity contribution in [3.8, 4) is 0 Å². The molecule has 0 aromatic heterocycles. The maximum atomic E-state index is 5.79. The van der Waals surface area contributed by atoms with Crippen molar-refractivity contribution in [1.29, 1.82) is 0 Å². The van der Waals surface area contributed by atoms with Gasteiger partial charge in [-0.3, -0.25) is 0 Å². The second-order valence-corrected chi connectivity index (χ2v) is 3.61. The lowest BCUT2D eigenvalue weighted by Crippen LogP contribution is -2.52. The fourth-order valence-corrected chi connectivity index (χ4v) is 2.05. The van der Waals surface area contributed by atoms with Crippen molar-refractivity contribution in [1.82, 2.24) is 5.32 Å². The normalized spacial score (nSPS) is 39.0.